The lowest BCUT2D eigenvalue weighted by Crippen LogP contribution is -2.12. The minimum absolute atomic E-state index is 0.444. The van der Waals surface area contributed by atoms with E-state index in [1.165, 1.54) is 6.33 Å². The number of aromatic amines is 1. The lowest BCUT2D eigenvalue weighted by molar-refractivity contribution is 1.05. The van der Waals surface area contributed by atoms with Crippen LogP contribution in [0.1, 0.15) is 5.56 Å². The molecule has 0 spiro atoms. The Hall–Kier alpha value is -2.80. The van der Waals surface area contributed by atoms with Gasteiger partial charge in [-0.15, -0.1) is 0 Å². The van der Waals surface area contributed by atoms with E-state index in [4.69, 9.17) is 5.84 Å². The topological polar surface area (TPSA) is 105 Å². The Morgan fingerprint density at radius 3 is 2.60 bits per heavy atom. The van der Waals surface area contributed by atoms with Crippen molar-refractivity contribution in [2.24, 2.45) is 5.84 Å². The highest BCUT2D eigenvalue weighted by Crippen LogP contribution is 2.27. The third kappa shape index (κ3) is 2.10. The molecule has 7 nitrogen and oxygen atoms in total. The Kier molecular flexibility index (Phi) is 3.10. The molecule has 4 N–H and O–H groups in total. The van der Waals surface area contributed by atoms with E-state index >= 15 is 0 Å². The molecule has 1 aromatic carbocycles. The summed E-state index contributed by atoms with van der Waals surface area (Å²) in [7, 11) is 0. The molecular formula is C13H13N7. The van der Waals surface area contributed by atoms with Crippen molar-refractivity contribution in [3.8, 4) is 22.9 Å². The number of H-pyrrole nitrogens is 1. The van der Waals surface area contributed by atoms with Crippen LogP contribution >= 0.6 is 0 Å². The predicted molar refractivity (Wildman–Crippen MR) is 75.4 cm³/mol. The highest BCUT2D eigenvalue weighted by Gasteiger charge is 2.14. The molecule has 0 amide bonds. The summed E-state index contributed by atoms with van der Waals surface area (Å²) in [4.78, 5) is 13.0. The molecule has 0 saturated carbocycles. The van der Waals surface area contributed by atoms with Crippen molar-refractivity contribution in [3.63, 3.8) is 0 Å². The van der Waals surface area contributed by atoms with Crippen molar-refractivity contribution in [1.82, 2.24) is 25.1 Å². The van der Waals surface area contributed by atoms with Gasteiger partial charge < -0.3 is 5.43 Å². The van der Waals surface area contributed by atoms with Crippen LogP contribution in [-0.4, -0.2) is 25.1 Å². The third-order valence-corrected chi connectivity index (χ3v) is 2.96. The number of hydrogen-bond donors (Lipinski definition) is 3. The number of aromatic nitrogens is 5. The second-order valence-electron chi connectivity index (χ2n) is 4.21. The van der Waals surface area contributed by atoms with Crippen molar-refractivity contribution >= 4 is 5.82 Å². The Labute approximate surface area is 115 Å². The molecule has 7 heteroatoms. The molecule has 100 valence electrons. The van der Waals surface area contributed by atoms with E-state index in [0.29, 0.717) is 17.5 Å². The van der Waals surface area contributed by atoms with E-state index < -0.39 is 0 Å². The molecule has 0 aliphatic heterocycles. The Morgan fingerprint density at radius 1 is 1.15 bits per heavy atom. The summed E-state index contributed by atoms with van der Waals surface area (Å²) in [6, 6.07) is 9.85. The Bertz CT molecular complexity index is 707. The summed E-state index contributed by atoms with van der Waals surface area (Å²) >= 11 is 0. The fraction of sp³-hybridized carbons (Fsp3) is 0.0769. The average Bonchev–Trinajstić information content (AvgIpc) is 3.03. The summed E-state index contributed by atoms with van der Waals surface area (Å²) in [6.45, 7) is 1.92. The lowest BCUT2D eigenvalue weighted by Gasteiger charge is -2.11. The first-order valence-corrected chi connectivity index (χ1v) is 6.06. The third-order valence-electron chi connectivity index (χ3n) is 2.96. The highest BCUT2D eigenvalue weighted by molar-refractivity contribution is 5.70. The summed E-state index contributed by atoms with van der Waals surface area (Å²) < 4.78 is 0. The smallest absolute Gasteiger partial charge is 0.199 e. The van der Waals surface area contributed by atoms with Gasteiger partial charge in [-0.3, -0.25) is 5.10 Å². The summed E-state index contributed by atoms with van der Waals surface area (Å²) in [5, 5.41) is 6.56. The van der Waals surface area contributed by atoms with Gasteiger partial charge in [0.25, 0.3) is 0 Å². The van der Waals surface area contributed by atoms with E-state index in [1.54, 1.807) is 0 Å². The van der Waals surface area contributed by atoms with E-state index in [9.17, 15) is 0 Å². The number of nitrogens with two attached hydrogens (primary N) is 1. The van der Waals surface area contributed by atoms with Gasteiger partial charge in [0.15, 0.2) is 11.6 Å². The summed E-state index contributed by atoms with van der Waals surface area (Å²) in [5.74, 6) is 7.04. The standard InChI is InChI=1S/C13H13N7/c1-8-10(9-5-3-2-4-6-9)17-13(18-11(8)19-14)12-15-7-16-20-12/h2-7H,14H2,1H3,(H,15,16,20)(H,17,18,19). The molecule has 3 rings (SSSR count). The van der Waals surface area contributed by atoms with Crippen LogP contribution in [0.15, 0.2) is 36.7 Å². The molecule has 20 heavy (non-hydrogen) atoms. The largest absolute Gasteiger partial charge is 0.308 e. The van der Waals surface area contributed by atoms with Gasteiger partial charge in [0, 0.05) is 11.1 Å². The van der Waals surface area contributed by atoms with Gasteiger partial charge >= 0.3 is 0 Å². The molecule has 0 unspecified atom stereocenters. The molecule has 0 atom stereocenters. The SMILES string of the molecule is Cc1c(NN)nc(-c2ncn[nH]2)nc1-c1ccccc1. The molecule has 0 bridgehead atoms. The maximum atomic E-state index is 5.53. The molecular weight excluding hydrogens is 254 g/mol. The van der Waals surface area contributed by atoms with Gasteiger partial charge in [-0.05, 0) is 6.92 Å². The van der Waals surface area contributed by atoms with Crippen LogP contribution in [0.5, 0.6) is 0 Å². The van der Waals surface area contributed by atoms with Crippen molar-refractivity contribution in [1.29, 1.82) is 0 Å². The quantitative estimate of drug-likeness (QED) is 0.491. The van der Waals surface area contributed by atoms with Crippen LogP contribution < -0.4 is 11.3 Å². The molecule has 0 radical (unpaired) electrons. The van der Waals surface area contributed by atoms with Gasteiger partial charge in [-0.1, -0.05) is 30.3 Å². The number of benzene rings is 1. The highest BCUT2D eigenvalue weighted by atomic mass is 15.3. The Morgan fingerprint density at radius 2 is 1.95 bits per heavy atom. The number of rotatable bonds is 3. The Balaban J connectivity index is 2.21. The zero-order valence-electron chi connectivity index (χ0n) is 10.8. The van der Waals surface area contributed by atoms with Crippen molar-refractivity contribution < 1.29 is 0 Å². The van der Waals surface area contributed by atoms with E-state index in [1.807, 2.05) is 37.3 Å². The molecule has 3 aromatic rings. The monoisotopic (exact) mass is 267 g/mol. The fourth-order valence-corrected chi connectivity index (χ4v) is 1.95. The number of hydrogen-bond acceptors (Lipinski definition) is 6. The number of nitrogens with zero attached hydrogens (tertiary/aromatic N) is 4. The van der Waals surface area contributed by atoms with E-state index in [0.717, 1.165) is 16.8 Å². The van der Waals surface area contributed by atoms with Crippen LogP contribution in [0.25, 0.3) is 22.9 Å². The van der Waals surface area contributed by atoms with Gasteiger partial charge in [0.1, 0.15) is 12.1 Å². The van der Waals surface area contributed by atoms with Gasteiger partial charge in [-0.25, -0.2) is 20.8 Å². The van der Waals surface area contributed by atoms with Gasteiger partial charge in [-0.2, -0.15) is 5.10 Å². The van der Waals surface area contributed by atoms with Crippen LogP contribution in [0, 0.1) is 6.92 Å². The van der Waals surface area contributed by atoms with Crippen LogP contribution in [0.2, 0.25) is 0 Å². The second-order valence-corrected chi connectivity index (χ2v) is 4.21. The second kappa shape index (κ2) is 5.06. The first kappa shape index (κ1) is 12.2. The van der Waals surface area contributed by atoms with Crippen LogP contribution in [0.3, 0.4) is 0 Å². The van der Waals surface area contributed by atoms with Crippen molar-refractivity contribution in [2.75, 3.05) is 5.43 Å². The minimum Gasteiger partial charge on any atom is -0.308 e. The molecule has 0 fully saturated rings. The van der Waals surface area contributed by atoms with Crippen LogP contribution in [0.4, 0.5) is 5.82 Å². The molecule has 0 saturated heterocycles. The molecule has 0 aliphatic rings. The molecule has 0 aliphatic carbocycles. The maximum absolute atomic E-state index is 5.53. The van der Waals surface area contributed by atoms with Gasteiger partial charge in [0.2, 0.25) is 0 Å². The lowest BCUT2D eigenvalue weighted by atomic mass is 10.1. The number of nitrogen functional groups attached to an aromatic ring is 1. The summed E-state index contributed by atoms with van der Waals surface area (Å²) in [5.41, 5.74) is 5.27. The zero-order chi connectivity index (χ0) is 13.9. The minimum atomic E-state index is 0.444. The van der Waals surface area contributed by atoms with Crippen molar-refractivity contribution in [2.45, 2.75) is 6.92 Å². The van der Waals surface area contributed by atoms with Gasteiger partial charge in [0.05, 0.1) is 5.69 Å². The number of nitrogens with one attached hydrogen (secondary N) is 2. The predicted octanol–water partition coefficient (Wildman–Crippen LogP) is 1.52. The number of hydrazine groups is 1. The van der Waals surface area contributed by atoms with E-state index in [-0.39, 0.29) is 0 Å². The maximum Gasteiger partial charge on any atom is 0.199 e. The first-order chi connectivity index (χ1) is 9.79. The fourth-order valence-electron chi connectivity index (χ4n) is 1.95. The van der Waals surface area contributed by atoms with Crippen molar-refractivity contribution in [3.05, 3.63) is 42.2 Å². The van der Waals surface area contributed by atoms with Crippen LogP contribution in [-0.2, 0) is 0 Å². The van der Waals surface area contributed by atoms with E-state index in [2.05, 4.69) is 30.6 Å². The average molecular weight is 267 g/mol. The molecule has 2 heterocycles. The first-order valence-electron chi connectivity index (χ1n) is 6.06. The molecule has 2 aromatic heterocycles. The zero-order valence-corrected chi connectivity index (χ0v) is 10.8. The normalized spacial score (nSPS) is 10.5. The number of anilines is 1. The summed E-state index contributed by atoms with van der Waals surface area (Å²) in [6.07, 6.45) is 1.41.